The molecular weight excluding hydrogens is 312 g/mol. The van der Waals surface area contributed by atoms with Gasteiger partial charge in [-0.15, -0.1) is 0 Å². The molecule has 1 aromatic heterocycles. The first-order chi connectivity index (χ1) is 9.20. The van der Waals surface area contributed by atoms with Gasteiger partial charge in [0.05, 0.1) is 6.54 Å². The Labute approximate surface area is 117 Å². The van der Waals surface area contributed by atoms with E-state index in [1.165, 1.54) is 6.07 Å². The van der Waals surface area contributed by atoms with E-state index in [0.717, 1.165) is 10.2 Å². The Morgan fingerprint density at radius 3 is 2.95 bits per heavy atom. The Balaban J connectivity index is 1.61. The maximum absolute atomic E-state index is 11.1. The van der Waals surface area contributed by atoms with Crippen molar-refractivity contribution < 1.29 is 9.47 Å². The number of aromatic nitrogens is 2. The second-order valence-corrected chi connectivity index (χ2v) is 5.12. The van der Waals surface area contributed by atoms with Crippen LogP contribution in [0.25, 0.3) is 0 Å². The number of nitrogens with zero attached hydrogens (tertiary/aromatic N) is 2. The Hall–Kier alpha value is -1.82. The highest BCUT2D eigenvalue weighted by atomic mass is 79.9. The first-order valence-corrected chi connectivity index (χ1v) is 6.62. The molecule has 2 heterocycles. The van der Waals surface area contributed by atoms with Gasteiger partial charge in [0.1, 0.15) is 12.4 Å². The second-order valence-electron chi connectivity index (χ2n) is 4.21. The predicted molar refractivity (Wildman–Crippen MR) is 72.6 cm³/mol. The van der Waals surface area contributed by atoms with Crippen molar-refractivity contribution in [1.82, 2.24) is 9.55 Å². The summed E-state index contributed by atoms with van der Waals surface area (Å²) in [6, 6.07) is 9.38. The summed E-state index contributed by atoms with van der Waals surface area (Å²) < 4.78 is 14.0. The third-order valence-corrected chi connectivity index (χ3v) is 3.30. The zero-order chi connectivity index (χ0) is 13.2. The number of rotatable bonds is 3. The summed E-state index contributed by atoms with van der Waals surface area (Å²) in [5.41, 5.74) is -0.291. The summed E-state index contributed by atoms with van der Waals surface area (Å²) in [5, 5.41) is 0. The van der Waals surface area contributed by atoms with Crippen molar-refractivity contribution in [3.63, 3.8) is 0 Å². The Morgan fingerprint density at radius 1 is 1.37 bits per heavy atom. The lowest BCUT2D eigenvalue weighted by Gasteiger charge is -2.10. The minimum Gasteiger partial charge on any atom is -0.490 e. The lowest BCUT2D eigenvalue weighted by Crippen LogP contribution is -2.23. The molecule has 5 nitrogen and oxygen atoms in total. The van der Waals surface area contributed by atoms with Gasteiger partial charge in [0, 0.05) is 16.7 Å². The fraction of sp³-hybridized carbons (Fsp3) is 0.231. The van der Waals surface area contributed by atoms with E-state index in [1.807, 2.05) is 24.3 Å². The van der Waals surface area contributed by atoms with Crippen LogP contribution in [0.4, 0.5) is 0 Å². The number of halogens is 1. The van der Waals surface area contributed by atoms with Gasteiger partial charge in [0.25, 0.3) is 11.6 Å². The summed E-state index contributed by atoms with van der Waals surface area (Å²) in [7, 11) is 0. The molecule has 0 N–H and O–H groups in total. The molecule has 3 rings (SSSR count). The molecule has 2 aromatic rings. The topological polar surface area (TPSA) is 53.4 Å². The molecule has 0 saturated heterocycles. The zero-order valence-corrected chi connectivity index (χ0v) is 11.5. The van der Waals surface area contributed by atoms with Gasteiger partial charge in [-0.1, -0.05) is 15.9 Å². The van der Waals surface area contributed by atoms with E-state index < -0.39 is 0 Å². The Kier molecular flexibility index (Phi) is 3.25. The molecule has 0 bridgehead atoms. The molecule has 0 unspecified atom stereocenters. The number of ether oxygens (including phenoxy) is 2. The van der Waals surface area contributed by atoms with Crippen LogP contribution in [0.5, 0.6) is 11.8 Å². The average Bonchev–Trinajstić information content (AvgIpc) is 2.80. The molecule has 0 saturated carbocycles. The molecule has 1 atom stereocenters. The molecule has 1 aliphatic rings. The Morgan fingerprint density at radius 2 is 2.16 bits per heavy atom. The maximum Gasteiger partial charge on any atom is 0.300 e. The van der Waals surface area contributed by atoms with Crippen molar-refractivity contribution in [1.29, 1.82) is 0 Å². The van der Waals surface area contributed by atoms with Crippen LogP contribution in [0, 0.1) is 0 Å². The fourth-order valence-corrected chi connectivity index (χ4v) is 2.12. The monoisotopic (exact) mass is 322 g/mol. The van der Waals surface area contributed by atoms with Gasteiger partial charge in [0.2, 0.25) is 0 Å². The van der Waals surface area contributed by atoms with Crippen molar-refractivity contribution >= 4 is 15.9 Å². The molecule has 1 aromatic carbocycles. The number of hydrogen-bond acceptors (Lipinski definition) is 4. The highest BCUT2D eigenvalue weighted by Crippen LogP contribution is 2.19. The molecule has 19 heavy (non-hydrogen) atoms. The lowest BCUT2D eigenvalue weighted by atomic mass is 10.3. The standard InChI is InChI=1S/C13H11BrN2O3/c14-9-1-3-10(4-2-9)18-8-11-7-16-6-5-12(17)15-13(16)19-11/h1-6,11H,7-8H2/t11-/m0/s1. The van der Waals surface area contributed by atoms with E-state index in [0.29, 0.717) is 19.2 Å². The summed E-state index contributed by atoms with van der Waals surface area (Å²) >= 11 is 3.37. The number of hydrogen-bond donors (Lipinski definition) is 0. The second kappa shape index (κ2) is 5.05. The van der Waals surface area contributed by atoms with Crippen LogP contribution in [0.2, 0.25) is 0 Å². The van der Waals surface area contributed by atoms with Crippen LogP contribution in [-0.4, -0.2) is 22.3 Å². The summed E-state index contributed by atoms with van der Waals surface area (Å²) in [6.45, 7) is 1.05. The molecule has 1 aliphatic heterocycles. The molecule has 6 heteroatoms. The van der Waals surface area contributed by atoms with Crippen LogP contribution in [0.3, 0.4) is 0 Å². The normalized spacial score (nSPS) is 16.8. The lowest BCUT2D eigenvalue weighted by molar-refractivity contribution is 0.143. The fourth-order valence-electron chi connectivity index (χ4n) is 1.86. The third kappa shape index (κ3) is 2.78. The smallest absolute Gasteiger partial charge is 0.300 e. The quantitative estimate of drug-likeness (QED) is 0.865. The van der Waals surface area contributed by atoms with Gasteiger partial charge >= 0.3 is 0 Å². The molecule has 0 spiro atoms. The van der Waals surface area contributed by atoms with Crippen LogP contribution >= 0.6 is 15.9 Å². The van der Waals surface area contributed by atoms with Gasteiger partial charge in [-0.05, 0) is 24.3 Å². The SMILES string of the molecule is O=c1ccn2c(n1)O[C@H](COc1ccc(Br)cc1)C2. The highest BCUT2D eigenvalue weighted by molar-refractivity contribution is 9.10. The molecule has 0 aliphatic carbocycles. The van der Waals surface area contributed by atoms with E-state index >= 15 is 0 Å². The molecule has 0 radical (unpaired) electrons. The average molecular weight is 323 g/mol. The van der Waals surface area contributed by atoms with E-state index in [4.69, 9.17) is 9.47 Å². The largest absolute Gasteiger partial charge is 0.490 e. The van der Waals surface area contributed by atoms with E-state index in [1.54, 1.807) is 10.8 Å². The van der Waals surface area contributed by atoms with Gasteiger partial charge in [0.15, 0.2) is 6.10 Å². The van der Waals surface area contributed by atoms with Gasteiger partial charge in [-0.2, -0.15) is 4.98 Å². The van der Waals surface area contributed by atoms with Crippen molar-refractivity contribution in [2.24, 2.45) is 0 Å². The zero-order valence-electron chi connectivity index (χ0n) is 9.95. The third-order valence-electron chi connectivity index (χ3n) is 2.77. The van der Waals surface area contributed by atoms with Crippen molar-refractivity contribution in [3.8, 4) is 11.8 Å². The number of benzene rings is 1. The van der Waals surface area contributed by atoms with Gasteiger partial charge in [-0.25, -0.2) is 0 Å². The van der Waals surface area contributed by atoms with Crippen LogP contribution in [0.1, 0.15) is 0 Å². The first kappa shape index (κ1) is 12.2. The van der Waals surface area contributed by atoms with Crippen molar-refractivity contribution in [2.75, 3.05) is 6.61 Å². The Bertz CT molecular complexity index is 639. The molecule has 98 valence electrons. The van der Waals surface area contributed by atoms with Crippen LogP contribution in [0.15, 0.2) is 45.8 Å². The first-order valence-electron chi connectivity index (χ1n) is 5.83. The number of fused-ring (bicyclic) bond motifs is 1. The van der Waals surface area contributed by atoms with E-state index in [9.17, 15) is 4.79 Å². The molecule has 0 amide bonds. The van der Waals surface area contributed by atoms with E-state index in [2.05, 4.69) is 20.9 Å². The summed E-state index contributed by atoms with van der Waals surface area (Å²) in [6.07, 6.45) is 1.56. The summed E-state index contributed by atoms with van der Waals surface area (Å²) in [4.78, 5) is 14.9. The van der Waals surface area contributed by atoms with Crippen molar-refractivity contribution in [3.05, 3.63) is 51.4 Å². The highest BCUT2D eigenvalue weighted by Gasteiger charge is 2.23. The van der Waals surface area contributed by atoms with E-state index in [-0.39, 0.29) is 11.7 Å². The van der Waals surface area contributed by atoms with Crippen LogP contribution < -0.4 is 15.0 Å². The van der Waals surface area contributed by atoms with Crippen molar-refractivity contribution in [2.45, 2.75) is 12.6 Å². The molecule has 0 fully saturated rings. The summed E-state index contributed by atoms with van der Waals surface area (Å²) in [5.74, 6) is 0.783. The maximum atomic E-state index is 11.1. The molecular formula is C13H11BrN2O3. The van der Waals surface area contributed by atoms with Gasteiger partial charge < -0.3 is 9.47 Å². The van der Waals surface area contributed by atoms with Crippen LogP contribution in [-0.2, 0) is 6.54 Å². The minimum atomic E-state index is -0.291. The minimum absolute atomic E-state index is 0.127. The predicted octanol–water partition coefficient (Wildman–Crippen LogP) is 1.85. The van der Waals surface area contributed by atoms with Gasteiger partial charge in [-0.3, -0.25) is 9.36 Å².